The molecule has 0 aliphatic carbocycles. The van der Waals surface area contributed by atoms with Crippen LogP contribution in [0.4, 0.5) is 4.39 Å². The number of nitrogens with two attached hydrogens (primary N) is 1. The van der Waals surface area contributed by atoms with Gasteiger partial charge in [0.2, 0.25) is 0 Å². The standard InChI is InChI=1S/C15H15Br2FN2O/c1-21-14-6-5-9(7-12(14)17)8-13(20-19)10-3-2-4-11(16)15(10)18/h2-7,13,20H,8,19H2,1H3. The molecular weight excluding hydrogens is 403 g/mol. The highest BCUT2D eigenvalue weighted by molar-refractivity contribution is 9.10. The predicted molar refractivity (Wildman–Crippen MR) is 88.6 cm³/mol. The lowest BCUT2D eigenvalue weighted by molar-refractivity contribution is 0.411. The smallest absolute Gasteiger partial charge is 0.142 e. The largest absolute Gasteiger partial charge is 0.496 e. The molecule has 2 aromatic carbocycles. The number of hydrogen-bond donors (Lipinski definition) is 2. The Kier molecular flexibility index (Phi) is 5.75. The summed E-state index contributed by atoms with van der Waals surface area (Å²) in [7, 11) is 1.61. The highest BCUT2D eigenvalue weighted by Gasteiger charge is 2.17. The van der Waals surface area contributed by atoms with Crippen molar-refractivity contribution in [3.05, 3.63) is 62.3 Å². The summed E-state index contributed by atoms with van der Waals surface area (Å²) in [6.07, 6.45) is 0.562. The van der Waals surface area contributed by atoms with Crippen LogP contribution in [0.3, 0.4) is 0 Å². The molecule has 0 spiro atoms. The first kappa shape index (κ1) is 16.4. The third-order valence-electron chi connectivity index (χ3n) is 3.21. The van der Waals surface area contributed by atoms with Gasteiger partial charge in [-0.3, -0.25) is 11.3 Å². The molecule has 0 aromatic heterocycles. The molecule has 3 nitrogen and oxygen atoms in total. The lowest BCUT2D eigenvalue weighted by atomic mass is 9.99. The molecule has 21 heavy (non-hydrogen) atoms. The Morgan fingerprint density at radius 3 is 2.62 bits per heavy atom. The minimum atomic E-state index is -0.317. The molecule has 0 saturated heterocycles. The van der Waals surface area contributed by atoms with E-state index in [0.717, 1.165) is 15.8 Å². The van der Waals surface area contributed by atoms with Gasteiger partial charge in [-0.2, -0.15) is 0 Å². The zero-order valence-corrected chi connectivity index (χ0v) is 14.5. The molecular formula is C15H15Br2FN2O. The average molecular weight is 418 g/mol. The van der Waals surface area contributed by atoms with Crippen molar-refractivity contribution in [2.24, 2.45) is 5.84 Å². The van der Waals surface area contributed by atoms with Gasteiger partial charge in [0.15, 0.2) is 0 Å². The van der Waals surface area contributed by atoms with E-state index >= 15 is 0 Å². The van der Waals surface area contributed by atoms with Crippen molar-refractivity contribution in [1.29, 1.82) is 0 Å². The molecule has 0 amide bonds. The van der Waals surface area contributed by atoms with Crippen molar-refractivity contribution in [1.82, 2.24) is 5.43 Å². The van der Waals surface area contributed by atoms with E-state index < -0.39 is 0 Å². The number of rotatable bonds is 5. The Hall–Kier alpha value is -0.950. The SMILES string of the molecule is COc1ccc(CC(NN)c2cccc(Br)c2F)cc1Br. The summed E-state index contributed by atoms with van der Waals surface area (Å²) in [5, 5.41) is 0. The molecule has 0 aliphatic heterocycles. The first-order chi connectivity index (χ1) is 10.1. The Labute approximate surface area is 139 Å². The fraction of sp³-hybridized carbons (Fsp3) is 0.200. The van der Waals surface area contributed by atoms with Gasteiger partial charge in [-0.15, -0.1) is 0 Å². The second kappa shape index (κ2) is 7.35. The molecule has 0 bridgehead atoms. The van der Waals surface area contributed by atoms with Crippen LogP contribution in [0.25, 0.3) is 0 Å². The maximum atomic E-state index is 14.2. The van der Waals surface area contributed by atoms with E-state index in [-0.39, 0.29) is 11.9 Å². The van der Waals surface area contributed by atoms with E-state index in [1.54, 1.807) is 25.3 Å². The minimum absolute atomic E-state index is 0.298. The summed E-state index contributed by atoms with van der Waals surface area (Å²) in [5.74, 6) is 6.05. The van der Waals surface area contributed by atoms with Crippen LogP contribution in [0.5, 0.6) is 5.75 Å². The van der Waals surface area contributed by atoms with Gasteiger partial charge >= 0.3 is 0 Å². The molecule has 0 saturated carbocycles. The molecule has 2 aromatic rings. The summed E-state index contributed by atoms with van der Waals surface area (Å²) in [4.78, 5) is 0. The third kappa shape index (κ3) is 3.83. The van der Waals surface area contributed by atoms with Crippen LogP contribution in [-0.4, -0.2) is 7.11 Å². The van der Waals surface area contributed by atoms with Crippen molar-refractivity contribution in [3.63, 3.8) is 0 Å². The van der Waals surface area contributed by atoms with Gasteiger partial charge in [0.25, 0.3) is 0 Å². The number of halogens is 3. The Balaban J connectivity index is 2.27. The van der Waals surface area contributed by atoms with Crippen LogP contribution in [-0.2, 0) is 6.42 Å². The van der Waals surface area contributed by atoms with Crippen molar-refractivity contribution in [3.8, 4) is 5.75 Å². The predicted octanol–water partition coefficient (Wildman–Crippen LogP) is 4.11. The number of ether oxygens (including phenoxy) is 1. The molecule has 3 N–H and O–H groups in total. The number of nitrogens with one attached hydrogen (secondary N) is 1. The Morgan fingerprint density at radius 1 is 1.24 bits per heavy atom. The first-order valence-corrected chi connectivity index (χ1v) is 7.88. The van der Waals surface area contributed by atoms with Crippen molar-refractivity contribution in [2.45, 2.75) is 12.5 Å². The van der Waals surface area contributed by atoms with Gasteiger partial charge in [-0.25, -0.2) is 4.39 Å². The summed E-state index contributed by atoms with van der Waals surface area (Å²) in [6, 6.07) is 10.6. The van der Waals surface area contributed by atoms with E-state index in [4.69, 9.17) is 10.6 Å². The quantitative estimate of drug-likeness (QED) is 0.568. The molecule has 0 radical (unpaired) electrons. The summed E-state index contributed by atoms with van der Waals surface area (Å²) in [6.45, 7) is 0. The van der Waals surface area contributed by atoms with Crippen molar-refractivity contribution < 1.29 is 9.13 Å². The second-order valence-corrected chi connectivity index (χ2v) is 6.24. The Bertz CT molecular complexity index is 637. The van der Waals surface area contributed by atoms with E-state index in [2.05, 4.69) is 37.3 Å². The van der Waals surface area contributed by atoms with Gasteiger partial charge in [-0.1, -0.05) is 18.2 Å². The number of hydrazine groups is 1. The summed E-state index contributed by atoms with van der Waals surface area (Å²) in [5.41, 5.74) is 4.22. The van der Waals surface area contributed by atoms with E-state index in [0.29, 0.717) is 16.5 Å². The second-order valence-electron chi connectivity index (χ2n) is 4.54. The molecule has 0 aliphatic rings. The topological polar surface area (TPSA) is 47.3 Å². The molecule has 2 rings (SSSR count). The molecule has 0 heterocycles. The average Bonchev–Trinajstić information content (AvgIpc) is 2.48. The molecule has 6 heteroatoms. The fourth-order valence-corrected chi connectivity index (χ4v) is 3.09. The highest BCUT2D eigenvalue weighted by Crippen LogP contribution is 2.29. The monoisotopic (exact) mass is 416 g/mol. The van der Waals surface area contributed by atoms with E-state index in [1.165, 1.54) is 0 Å². The van der Waals surface area contributed by atoms with E-state index in [1.807, 2.05) is 18.2 Å². The highest BCUT2D eigenvalue weighted by atomic mass is 79.9. The van der Waals surface area contributed by atoms with Gasteiger partial charge < -0.3 is 4.74 Å². The van der Waals surface area contributed by atoms with Crippen molar-refractivity contribution in [2.75, 3.05) is 7.11 Å². The number of hydrogen-bond acceptors (Lipinski definition) is 3. The maximum absolute atomic E-state index is 14.2. The Morgan fingerprint density at radius 2 is 2.00 bits per heavy atom. The van der Waals surface area contributed by atoms with Crippen LogP contribution >= 0.6 is 31.9 Å². The van der Waals surface area contributed by atoms with Crippen LogP contribution in [0.15, 0.2) is 45.3 Å². The van der Waals surface area contributed by atoms with Crippen LogP contribution < -0.4 is 16.0 Å². The normalized spacial score (nSPS) is 12.2. The fourth-order valence-electron chi connectivity index (χ4n) is 2.12. The van der Waals surface area contributed by atoms with Crippen LogP contribution in [0.2, 0.25) is 0 Å². The van der Waals surface area contributed by atoms with Gasteiger partial charge in [0.1, 0.15) is 11.6 Å². The first-order valence-electron chi connectivity index (χ1n) is 6.29. The summed E-state index contributed by atoms with van der Waals surface area (Å²) < 4.78 is 20.6. The van der Waals surface area contributed by atoms with Gasteiger partial charge in [0, 0.05) is 5.56 Å². The molecule has 1 atom stereocenters. The number of methoxy groups -OCH3 is 1. The minimum Gasteiger partial charge on any atom is -0.496 e. The zero-order valence-electron chi connectivity index (χ0n) is 11.4. The summed E-state index contributed by atoms with van der Waals surface area (Å²) >= 11 is 6.64. The molecule has 1 unspecified atom stereocenters. The molecule has 112 valence electrons. The lowest BCUT2D eigenvalue weighted by Gasteiger charge is -2.18. The van der Waals surface area contributed by atoms with Crippen LogP contribution in [0.1, 0.15) is 17.2 Å². The van der Waals surface area contributed by atoms with Gasteiger partial charge in [0.05, 0.1) is 22.1 Å². The maximum Gasteiger partial charge on any atom is 0.142 e. The van der Waals surface area contributed by atoms with Crippen LogP contribution in [0, 0.1) is 5.82 Å². The zero-order chi connectivity index (χ0) is 15.4. The lowest BCUT2D eigenvalue weighted by Crippen LogP contribution is -2.30. The van der Waals surface area contributed by atoms with Gasteiger partial charge in [-0.05, 0) is 62.0 Å². The number of benzene rings is 2. The van der Waals surface area contributed by atoms with Crippen molar-refractivity contribution >= 4 is 31.9 Å². The van der Waals surface area contributed by atoms with E-state index in [9.17, 15) is 4.39 Å². The third-order valence-corrected chi connectivity index (χ3v) is 4.45. The molecule has 0 fully saturated rings.